The van der Waals surface area contributed by atoms with Gasteiger partial charge in [-0.3, -0.25) is 4.79 Å². The molecule has 3 rings (SSSR count). The summed E-state index contributed by atoms with van der Waals surface area (Å²) in [5.74, 6) is -0.147. The Balaban J connectivity index is 2.00. The van der Waals surface area contributed by atoms with Crippen LogP contribution in [0.3, 0.4) is 0 Å². The highest BCUT2D eigenvalue weighted by atomic mass is 19.1. The van der Waals surface area contributed by atoms with E-state index in [-0.39, 0.29) is 29.4 Å². The number of aromatic nitrogens is 2. The molecule has 0 saturated heterocycles. The van der Waals surface area contributed by atoms with Crippen LogP contribution in [-0.2, 0) is 7.05 Å². The molecule has 1 aromatic heterocycles. The van der Waals surface area contributed by atoms with Crippen LogP contribution in [0.2, 0.25) is 0 Å². The zero-order valence-electron chi connectivity index (χ0n) is 17.0. The van der Waals surface area contributed by atoms with E-state index < -0.39 is 0 Å². The van der Waals surface area contributed by atoms with E-state index in [0.717, 1.165) is 5.39 Å². The number of halogens is 1. The van der Waals surface area contributed by atoms with E-state index in [1.54, 1.807) is 18.0 Å². The molecule has 0 aliphatic heterocycles. The molecule has 0 fully saturated rings. The number of aryl methyl sites for hydroxylation is 1. The van der Waals surface area contributed by atoms with Crippen molar-refractivity contribution in [2.75, 3.05) is 11.9 Å². The van der Waals surface area contributed by atoms with E-state index in [2.05, 4.69) is 10.4 Å². The predicted octanol–water partition coefficient (Wildman–Crippen LogP) is 4.32. The third kappa shape index (κ3) is 4.45. The van der Waals surface area contributed by atoms with Gasteiger partial charge >= 0.3 is 6.03 Å². The molecule has 3 aromatic rings. The number of benzene rings is 2. The minimum atomic E-state index is -0.380. The highest BCUT2D eigenvalue weighted by Crippen LogP contribution is 2.26. The highest BCUT2D eigenvalue weighted by molar-refractivity contribution is 5.90. The summed E-state index contributed by atoms with van der Waals surface area (Å²) >= 11 is 0. The number of hydrogen-bond donors (Lipinski definition) is 1. The molecule has 1 unspecified atom stereocenters. The van der Waals surface area contributed by atoms with Crippen molar-refractivity contribution in [3.63, 3.8) is 0 Å². The van der Waals surface area contributed by atoms with Gasteiger partial charge in [-0.05, 0) is 43.2 Å². The van der Waals surface area contributed by atoms with Gasteiger partial charge in [0.15, 0.2) is 0 Å². The number of nitrogens with zero attached hydrogens (tertiary/aromatic N) is 3. The van der Waals surface area contributed by atoms with E-state index in [1.165, 1.54) is 28.9 Å². The number of carbonyl (C=O) groups is 1. The summed E-state index contributed by atoms with van der Waals surface area (Å²) in [6.07, 6.45) is 0. The Labute approximate surface area is 169 Å². The van der Waals surface area contributed by atoms with Gasteiger partial charge in [0, 0.05) is 24.7 Å². The minimum Gasteiger partial charge on any atom is -0.316 e. The fourth-order valence-corrected chi connectivity index (χ4v) is 3.32. The lowest BCUT2D eigenvalue weighted by Gasteiger charge is -2.31. The number of fused-ring (bicyclic) bond motifs is 1. The van der Waals surface area contributed by atoms with Crippen molar-refractivity contribution in [1.29, 1.82) is 0 Å². The molecule has 0 saturated carbocycles. The zero-order chi connectivity index (χ0) is 21.1. The van der Waals surface area contributed by atoms with Gasteiger partial charge in [-0.15, -0.1) is 0 Å². The number of carbonyl (C=O) groups excluding carboxylic acids is 1. The quantitative estimate of drug-likeness (QED) is 0.698. The van der Waals surface area contributed by atoms with Crippen LogP contribution in [0.15, 0.2) is 53.3 Å². The molecule has 0 spiro atoms. The van der Waals surface area contributed by atoms with Crippen LogP contribution >= 0.6 is 0 Å². The highest BCUT2D eigenvalue weighted by Gasteiger charge is 2.26. The molecule has 6 nitrogen and oxygen atoms in total. The first-order valence-corrected chi connectivity index (χ1v) is 9.57. The molecule has 2 aromatic carbocycles. The number of amides is 2. The zero-order valence-corrected chi connectivity index (χ0v) is 17.0. The smallest absolute Gasteiger partial charge is 0.316 e. The van der Waals surface area contributed by atoms with Crippen molar-refractivity contribution in [1.82, 2.24) is 14.7 Å². The molecule has 1 N–H and O–H groups in total. The summed E-state index contributed by atoms with van der Waals surface area (Å²) in [6.45, 7) is 6.44. The molecule has 29 heavy (non-hydrogen) atoms. The number of anilines is 1. The van der Waals surface area contributed by atoms with Crippen LogP contribution in [-0.4, -0.2) is 27.3 Å². The fraction of sp³-hybridized carbons (Fsp3) is 0.318. The number of nitrogens with one attached hydrogen (secondary N) is 1. The van der Waals surface area contributed by atoms with Crippen LogP contribution in [0.25, 0.3) is 10.8 Å². The van der Waals surface area contributed by atoms with Gasteiger partial charge in [-0.2, -0.15) is 5.10 Å². The van der Waals surface area contributed by atoms with Crippen molar-refractivity contribution in [2.24, 2.45) is 13.0 Å². The molecule has 2 amide bonds. The van der Waals surface area contributed by atoms with Crippen molar-refractivity contribution in [3.05, 3.63) is 70.4 Å². The van der Waals surface area contributed by atoms with E-state index in [1.807, 2.05) is 39.0 Å². The van der Waals surface area contributed by atoms with Crippen molar-refractivity contribution < 1.29 is 9.18 Å². The van der Waals surface area contributed by atoms with Gasteiger partial charge in [0.1, 0.15) is 5.82 Å². The molecular formula is C22H25FN4O2. The average Bonchev–Trinajstić information content (AvgIpc) is 2.70. The Kier molecular flexibility index (Phi) is 5.96. The van der Waals surface area contributed by atoms with Crippen LogP contribution < -0.4 is 10.9 Å². The lowest BCUT2D eigenvalue weighted by atomic mass is 10.0. The molecule has 7 heteroatoms. The van der Waals surface area contributed by atoms with Crippen LogP contribution in [0.4, 0.5) is 14.9 Å². The molecular weight excluding hydrogens is 371 g/mol. The van der Waals surface area contributed by atoms with Crippen LogP contribution in [0, 0.1) is 11.7 Å². The first-order chi connectivity index (χ1) is 13.8. The average molecular weight is 396 g/mol. The van der Waals surface area contributed by atoms with E-state index in [0.29, 0.717) is 23.3 Å². The number of hydrogen-bond acceptors (Lipinski definition) is 3. The lowest BCUT2D eigenvalue weighted by molar-refractivity contribution is 0.182. The third-order valence-corrected chi connectivity index (χ3v) is 4.77. The Morgan fingerprint density at radius 3 is 2.34 bits per heavy atom. The summed E-state index contributed by atoms with van der Waals surface area (Å²) in [5.41, 5.74) is 0.982. The van der Waals surface area contributed by atoms with Gasteiger partial charge < -0.3 is 10.2 Å². The van der Waals surface area contributed by atoms with Crippen molar-refractivity contribution in [2.45, 2.75) is 26.8 Å². The largest absolute Gasteiger partial charge is 0.322 e. The Morgan fingerprint density at radius 2 is 1.72 bits per heavy atom. The summed E-state index contributed by atoms with van der Waals surface area (Å²) in [4.78, 5) is 27.2. The van der Waals surface area contributed by atoms with Crippen molar-refractivity contribution in [3.8, 4) is 0 Å². The summed E-state index contributed by atoms with van der Waals surface area (Å²) in [7, 11) is 1.61. The summed E-state index contributed by atoms with van der Waals surface area (Å²) in [5, 5.41) is 8.58. The van der Waals surface area contributed by atoms with Gasteiger partial charge in [0.25, 0.3) is 5.56 Å². The fourth-order valence-electron chi connectivity index (χ4n) is 3.32. The predicted molar refractivity (Wildman–Crippen MR) is 112 cm³/mol. The molecule has 0 bridgehead atoms. The number of rotatable bonds is 5. The van der Waals surface area contributed by atoms with E-state index in [4.69, 9.17) is 0 Å². The minimum absolute atomic E-state index is 0.178. The molecule has 0 aliphatic rings. The van der Waals surface area contributed by atoms with E-state index in [9.17, 15) is 14.0 Å². The Bertz CT molecular complexity index is 1080. The Morgan fingerprint density at radius 1 is 1.10 bits per heavy atom. The normalized spacial score (nSPS) is 12.2. The van der Waals surface area contributed by atoms with Crippen LogP contribution in [0.5, 0.6) is 0 Å². The van der Waals surface area contributed by atoms with Crippen molar-refractivity contribution >= 4 is 22.5 Å². The third-order valence-electron chi connectivity index (χ3n) is 4.77. The second-order valence-corrected chi connectivity index (χ2v) is 7.52. The SMILES string of the molecule is CC(C)CN(C(=O)Nc1ccc(F)cc1)C(C)c1nn(C)c(=O)c2ccccc12. The maximum atomic E-state index is 13.2. The molecule has 1 heterocycles. The standard InChI is InChI=1S/C22H25FN4O2/c1-14(2)13-27(22(29)24-17-11-9-16(23)10-12-17)15(3)20-18-7-5-6-8-19(18)21(28)26(4)25-20/h5-12,14-15H,13H2,1-4H3,(H,24,29). The molecule has 0 radical (unpaired) electrons. The second kappa shape index (κ2) is 8.43. The number of urea groups is 1. The molecule has 152 valence electrons. The maximum Gasteiger partial charge on any atom is 0.322 e. The summed E-state index contributed by atoms with van der Waals surface area (Å²) < 4.78 is 14.5. The first-order valence-electron chi connectivity index (χ1n) is 9.57. The van der Waals surface area contributed by atoms with Gasteiger partial charge in [0.2, 0.25) is 0 Å². The second-order valence-electron chi connectivity index (χ2n) is 7.52. The van der Waals surface area contributed by atoms with Gasteiger partial charge in [-0.25, -0.2) is 13.9 Å². The van der Waals surface area contributed by atoms with Gasteiger partial charge in [0.05, 0.1) is 17.1 Å². The van der Waals surface area contributed by atoms with E-state index >= 15 is 0 Å². The first kappa shape index (κ1) is 20.5. The lowest BCUT2D eigenvalue weighted by Crippen LogP contribution is -2.40. The Hall–Kier alpha value is -3.22. The maximum absolute atomic E-state index is 13.2. The van der Waals surface area contributed by atoms with Gasteiger partial charge in [-0.1, -0.05) is 32.0 Å². The summed E-state index contributed by atoms with van der Waals surface area (Å²) in [6, 6.07) is 12.2. The molecule has 1 atom stereocenters. The molecule has 0 aliphatic carbocycles. The topological polar surface area (TPSA) is 67.2 Å². The monoisotopic (exact) mass is 396 g/mol. The van der Waals surface area contributed by atoms with Crippen LogP contribution in [0.1, 0.15) is 32.5 Å².